The van der Waals surface area contributed by atoms with Crippen LogP contribution >= 0.6 is 0 Å². The summed E-state index contributed by atoms with van der Waals surface area (Å²) in [6, 6.07) is 18.4. The van der Waals surface area contributed by atoms with Crippen LogP contribution in [0.15, 0.2) is 71.5 Å². The van der Waals surface area contributed by atoms with E-state index in [0.717, 1.165) is 5.56 Å². The fourth-order valence-electron chi connectivity index (χ4n) is 5.43. The molecule has 0 radical (unpaired) electrons. The van der Waals surface area contributed by atoms with Crippen LogP contribution in [0.5, 0.6) is 5.88 Å². The lowest BCUT2D eigenvalue weighted by atomic mass is 10.1. The van der Waals surface area contributed by atoms with Gasteiger partial charge in [0.15, 0.2) is 0 Å². The fraction of sp³-hybridized carbons (Fsp3) is 0.200. The lowest BCUT2D eigenvalue weighted by molar-refractivity contribution is -0.383. The van der Waals surface area contributed by atoms with Crippen LogP contribution < -0.4 is 5.69 Å². The van der Waals surface area contributed by atoms with E-state index in [0.29, 0.717) is 35.1 Å². The van der Waals surface area contributed by atoms with Gasteiger partial charge in [-0.1, -0.05) is 48.5 Å². The first kappa shape index (κ1) is 20.2. The van der Waals surface area contributed by atoms with Crippen molar-refractivity contribution in [3.63, 3.8) is 0 Å². The second-order valence-corrected chi connectivity index (χ2v) is 8.72. The van der Waals surface area contributed by atoms with Gasteiger partial charge < -0.3 is 10.0 Å². The lowest BCUT2D eigenvalue weighted by Crippen LogP contribution is -2.38. The number of nitro groups is 1. The molecule has 1 fully saturated rings. The number of rotatable bonds is 4. The van der Waals surface area contributed by atoms with Crippen molar-refractivity contribution in [2.24, 2.45) is 0 Å². The number of benzene rings is 3. The first-order chi connectivity index (χ1) is 16.5. The van der Waals surface area contributed by atoms with Crippen molar-refractivity contribution >= 4 is 22.4 Å². The average Bonchev–Trinajstić information content (AvgIpc) is 3.50. The molecule has 34 heavy (non-hydrogen) atoms. The number of carbonyl (C=O) groups is 1. The minimum Gasteiger partial charge on any atom is -0.493 e. The van der Waals surface area contributed by atoms with E-state index in [4.69, 9.17) is 0 Å². The molecule has 3 heterocycles. The largest absolute Gasteiger partial charge is 0.493 e. The third-order valence-corrected chi connectivity index (χ3v) is 6.89. The number of hydrogen-bond acceptors (Lipinski definition) is 5. The number of likely N-dealkylation sites (tertiary alicyclic amines) is 1. The molecule has 6 rings (SSSR count). The van der Waals surface area contributed by atoms with Crippen LogP contribution in [0.3, 0.4) is 0 Å². The maximum atomic E-state index is 13.4. The van der Waals surface area contributed by atoms with Gasteiger partial charge in [0.2, 0.25) is 11.8 Å². The molecule has 0 unspecified atom stereocenters. The molecule has 0 spiro atoms. The van der Waals surface area contributed by atoms with Crippen molar-refractivity contribution in [1.82, 2.24) is 14.0 Å². The molecule has 3 aromatic carbocycles. The Bertz CT molecular complexity index is 1540. The number of carbonyl (C=O) groups excluding carboxylic acids is 1. The van der Waals surface area contributed by atoms with Gasteiger partial charge in [-0.05, 0) is 24.1 Å². The Morgan fingerprint density at radius 2 is 1.74 bits per heavy atom. The molecular weight excluding hydrogens is 436 g/mol. The fourth-order valence-corrected chi connectivity index (χ4v) is 5.43. The monoisotopic (exact) mass is 456 g/mol. The standard InChI is InChI=1S/C25H20N4O5/c30-22(12-15-6-2-1-3-7-15)26-14-16-13-21(26)23-24(31)28(25(32)27(16)23)19-10-11-20(29(33)34)18-9-5-4-8-17(18)19/h1-11,16,21,31H,12-14H2/t16-,21-/m0/s1. The summed E-state index contributed by atoms with van der Waals surface area (Å²) in [6.07, 6.45) is 0.837. The van der Waals surface area contributed by atoms with Gasteiger partial charge in [0.1, 0.15) is 5.69 Å². The number of non-ortho nitro benzene ring substituents is 1. The van der Waals surface area contributed by atoms with Gasteiger partial charge in [-0.15, -0.1) is 0 Å². The highest BCUT2D eigenvalue weighted by atomic mass is 16.6. The summed E-state index contributed by atoms with van der Waals surface area (Å²) < 4.78 is 2.77. The summed E-state index contributed by atoms with van der Waals surface area (Å²) in [5, 5.41) is 23.6. The average molecular weight is 456 g/mol. The SMILES string of the molecule is O=C(Cc1ccccc1)N1C[C@@H]2C[C@H]1c1c(O)n(-c3ccc([N+](=O)[O-])c4ccccc34)c(=O)n12. The quantitative estimate of drug-likeness (QED) is 0.373. The van der Waals surface area contributed by atoms with E-state index in [9.17, 15) is 24.8 Å². The number of hydrogen-bond donors (Lipinski definition) is 1. The molecule has 2 aliphatic rings. The van der Waals surface area contributed by atoms with Crippen molar-refractivity contribution in [2.45, 2.75) is 24.9 Å². The number of aromatic hydroxyl groups is 1. The second kappa shape index (κ2) is 7.31. The summed E-state index contributed by atoms with van der Waals surface area (Å²) >= 11 is 0. The molecule has 0 saturated carbocycles. The smallest absolute Gasteiger partial charge is 0.336 e. The number of amides is 1. The number of fused-ring (bicyclic) bond motifs is 6. The van der Waals surface area contributed by atoms with Crippen LogP contribution in [0.2, 0.25) is 0 Å². The zero-order valence-corrected chi connectivity index (χ0v) is 18.0. The van der Waals surface area contributed by atoms with Crippen molar-refractivity contribution in [1.29, 1.82) is 0 Å². The van der Waals surface area contributed by atoms with E-state index in [1.165, 1.54) is 16.7 Å². The zero-order chi connectivity index (χ0) is 23.6. The Kier molecular flexibility index (Phi) is 4.35. The molecule has 2 atom stereocenters. The predicted octanol–water partition coefficient (Wildman–Crippen LogP) is 3.48. The van der Waals surface area contributed by atoms with E-state index >= 15 is 0 Å². The number of imidazole rings is 1. The van der Waals surface area contributed by atoms with Crippen LogP contribution in [0.4, 0.5) is 5.69 Å². The van der Waals surface area contributed by atoms with E-state index in [1.54, 1.807) is 33.7 Å². The molecule has 4 aromatic rings. The molecule has 1 saturated heterocycles. The van der Waals surface area contributed by atoms with Crippen molar-refractivity contribution in [3.8, 4) is 11.6 Å². The first-order valence-electron chi connectivity index (χ1n) is 11.0. The molecule has 9 nitrogen and oxygen atoms in total. The third kappa shape index (κ3) is 2.79. The molecular formula is C25H20N4O5. The van der Waals surface area contributed by atoms with Crippen LogP contribution in [0, 0.1) is 10.1 Å². The third-order valence-electron chi connectivity index (χ3n) is 6.89. The van der Waals surface area contributed by atoms with E-state index < -0.39 is 10.6 Å². The second-order valence-electron chi connectivity index (χ2n) is 8.72. The molecule has 1 amide bonds. The Hall–Kier alpha value is -4.40. The predicted molar refractivity (Wildman–Crippen MR) is 124 cm³/mol. The Morgan fingerprint density at radius 1 is 1.03 bits per heavy atom. The molecule has 1 aromatic heterocycles. The highest BCUT2D eigenvalue weighted by Crippen LogP contribution is 2.49. The van der Waals surface area contributed by atoms with Gasteiger partial charge in [-0.25, -0.2) is 9.36 Å². The molecule has 9 heteroatoms. The van der Waals surface area contributed by atoms with Gasteiger partial charge in [0.05, 0.1) is 34.5 Å². The van der Waals surface area contributed by atoms with Gasteiger partial charge in [-0.2, -0.15) is 0 Å². The first-order valence-corrected chi connectivity index (χ1v) is 11.0. The van der Waals surface area contributed by atoms with Crippen LogP contribution in [-0.2, 0) is 11.2 Å². The molecule has 0 aliphatic carbocycles. The summed E-state index contributed by atoms with van der Waals surface area (Å²) in [5.41, 5.74) is 1.22. The maximum absolute atomic E-state index is 13.4. The van der Waals surface area contributed by atoms with Crippen molar-refractivity contribution in [3.05, 3.63) is 98.6 Å². The van der Waals surface area contributed by atoms with Crippen LogP contribution in [0.25, 0.3) is 16.5 Å². The molecule has 2 bridgehead atoms. The minimum absolute atomic E-state index is 0.0506. The number of nitro benzene ring substituents is 1. The summed E-state index contributed by atoms with van der Waals surface area (Å²) in [4.78, 5) is 39.2. The molecule has 1 N–H and O–H groups in total. The van der Waals surface area contributed by atoms with Crippen LogP contribution in [0.1, 0.15) is 29.8 Å². The highest BCUT2D eigenvalue weighted by Gasteiger charge is 2.49. The Morgan fingerprint density at radius 3 is 2.47 bits per heavy atom. The summed E-state index contributed by atoms with van der Waals surface area (Å²) in [7, 11) is 0. The molecule has 2 aliphatic heterocycles. The number of aromatic nitrogens is 2. The summed E-state index contributed by atoms with van der Waals surface area (Å²) in [6.45, 7) is 0.410. The van der Waals surface area contributed by atoms with E-state index in [-0.39, 0.29) is 36.0 Å². The number of nitrogens with zero attached hydrogens (tertiary/aromatic N) is 4. The Balaban J connectivity index is 1.43. The topological polar surface area (TPSA) is 111 Å². The summed E-state index contributed by atoms with van der Waals surface area (Å²) in [5.74, 6) is -0.279. The normalized spacial score (nSPS) is 18.4. The van der Waals surface area contributed by atoms with Gasteiger partial charge in [0, 0.05) is 18.0 Å². The van der Waals surface area contributed by atoms with E-state index in [1.807, 2.05) is 30.3 Å². The van der Waals surface area contributed by atoms with Crippen LogP contribution in [-0.4, -0.2) is 36.5 Å². The van der Waals surface area contributed by atoms with Crippen molar-refractivity contribution < 1.29 is 14.8 Å². The Labute approximate surface area is 193 Å². The maximum Gasteiger partial charge on any atom is 0.336 e. The molecule has 170 valence electrons. The zero-order valence-electron chi connectivity index (χ0n) is 18.0. The van der Waals surface area contributed by atoms with E-state index in [2.05, 4.69) is 0 Å². The highest BCUT2D eigenvalue weighted by molar-refractivity contribution is 5.97. The van der Waals surface area contributed by atoms with Crippen molar-refractivity contribution in [2.75, 3.05) is 6.54 Å². The van der Waals surface area contributed by atoms with Gasteiger partial charge in [0.25, 0.3) is 5.69 Å². The van der Waals surface area contributed by atoms with Gasteiger partial charge in [-0.3, -0.25) is 19.5 Å². The minimum atomic E-state index is -0.467. The van der Waals surface area contributed by atoms with Gasteiger partial charge >= 0.3 is 5.69 Å². The lowest BCUT2D eigenvalue weighted by Gasteiger charge is -2.27.